The van der Waals surface area contributed by atoms with Crippen molar-refractivity contribution in [2.45, 2.75) is 24.9 Å². The first-order valence-corrected chi connectivity index (χ1v) is 9.99. The van der Waals surface area contributed by atoms with E-state index in [1.807, 2.05) is 23.1 Å². The lowest BCUT2D eigenvalue weighted by Crippen LogP contribution is -2.39. The predicted molar refractivity (Wildman–Crippen MR) is 115 cm³/mol. The number of hydrogen-bond donors (Lipinski definition) is 1. The van der Waals surface area contributed by atoms with Crippen LogP contribution < -0.4 is 23.7 Å². The molecular formula is C23H29NO7. The molecule has 0 aliphatic carbocycles. The molecule has 2 unspecified atom stereocenters. The summed E-state index contributed by atoms with van der Waals surface area (Å²) in [6, 6.07) is 8.04. The van der Waals surface area contributed by atoms with Crippen molar-refractivity contribution in [1.82, 2.24) is 4.90 Å². The highest BCUT2D eigenvalue weighted by Crippen LogP contribution is 2.46. The van der Waals surface area contributed by atoms with Gasteiger partial charge in [-0.1, -0.05) is 0 Å². The smallest absolute Gasteiger partial charge is 0.320 e. The monoisotopic (exact) mass is 431 g/mol. The van der Waals surface area contributed by atoms with E-state index in [1.54, 1.807) is 47.7 Å². The second kappa shape index (κ2) is 9.78. The number of carboxylic acid groups (broad SMARTS) is 1. The summed E-state index contributed by atoms with van der Waals surface area (Å²) in [7, 11) is 7.87. The highest BCUT2D eigenvalue weighted by Gasteiger charge is 2.39. The molecule has 1 fully saturated rings. The molecule has 0 bridgehead atoms. The second-order valence-electron chi connectivity index (χ2n) is 7.19. The van der Waals surface area contributed by atoms with Crippen molar-refractivity contribution in [2.24, 2.45) is 0 Å². The fourth-order valence-electron chi connectivity index (χ4n) is 4.20. The van der Waals surface area contributed by atoms with Crippen LogP contribution in [0.4, 0.5) is 0 Å². The molecule has 2 aromatic carbocycles. The SMILES string of the molecule is COc1ccc(C(c2cc(OC)c(OC)cc2OC)N2CCCC2C(=O)O)c(OC)c1. The summed E-state index contributed by atoms with van der Waals surface area (Å²) in [6.45, 7) is 0.619. The summed E-state index contributed by atoms with van der Waals surface area (Å²) in [5, 5.41) is 9.88. The Labute approximate surface area is 182 Å². The van der Waals surface area contributed by atoms with Crippen molar-refractivity contribution in [1.29, 1.82) is 0 Å². The molecule has 2 aromatic rings. The Bertz CT molecular complexity index is 930. The first-order valence-electron chi connectivity index (χ1n) is 9.99. The van der Waals surface area contributed by atoms with Crippen molar-refractivity contribution < 1.29 is 33.6 Å². The van der Waals surface area contributed by atoms with Gasteiger partial charge in [0, 0.05) is 29.8 Å². The first-order chi connectivity index (χ1) is 15.0. The van der Waals surface area contributed by atoms with Crippen LogP contribution in [0, 0.1) is 0 Å². The number of benzene rings is 2. The molecule has 1 heterocycles. The maximum absolute atomic E-state index is 12.0. The van der Waals surface area contributed by atoms with Crippen molar-refractivity contribution in [3.63, 3.8) is 0 Å². The minimum atomic E-state index is -0.852. The van der Waals surface area contributed by atoms with Gasteiger partial charge in [0.2, 0.25) is 0 Å². The van der Waals surface area contributed by atoms with E-state index in [4.69, 9.17) is 23.7 Å². The van der Waals surface area contributed by atoms with E-state index in [0.29, 0.717) is 41.7 Å². The van der Waals surface area contributed by atoms with Gasteiger partial charge in [0.25, 0.3) is 0 Å². The van der Waals surface area contributed by atoms with Crippen LogP contribution in [-0.2, 0) is 4.79 Å². The molecule has 168 valence electrons. The van der Waals surface area contributed by atoms with Crippen molar-refractivity contribution in [3.8, 4) is 28.7 Å². The van der Waals surface area contributed by atoms with Crippen LogP contribution in [-0.4, -0.2) is 64.1 Å². The van der Waals surface area contributed by atoms with E-state index in [2.05, 4.69) is 0 Å². The molecule has 8 nitrogen and oxygen atoms in total. The quantitative estimate of drug-likeness (QED) is 0.647. The van der Waals surface area contributed by atoms with Crippen LogP contribution in [0.25, 0.3) is 0 Å². The normalized spacial score (nSPS) is 17.1. The van der Waals surface area contributed by atoms with Gasteiger partial charge < -0.3 is 28.8 Å². The Kier molecular flexibility index (Phi) is 7.12. The lowest BCUT2D eigenvalue weighted by molar-refractivity contribution is -0.142. The van der Waals surface area contributed by atoms with Crippen LogP contribution >= 0.6 is 0 Å². The van der Waals surface area contributed by atoms with Gasteiger partial charge >= 0.3 is 5.97 Å². The van der Waals surface area contributed by atoms with E-state index in [9.17, 15) is 9.90 Å². The third-order valence-electron chi connectivity index (χ3n) is 5.68. The van der Waals surface area contributed by atoms with Crippen LogP contribution in [0.3, 0.4) is 0 Å². The van der Waals surface area contributed by atoms with Gasteiger partial charge in [-0.2, -0.15) is 0 Å². The average molecular weight is 431 g/mol. The second-order valence-corrected chi connectivity index (χ2v) is 7.19. The standard InChI is InChI=1S/C23H29NO7/c1-27-14-8-9-15(18(11-14)28-2)22(24-10-6-7-17(24)23(25)26)16-12-20(30-4)21(31-5)13-19(16)29-3/h8-9,11-13,17,22H,6-7,10H2,1-5H3,(H,25,26). The van der Waals surface area contributed by atoms with Gasteiger partial charge in [-0.05, 0) is 31.0 Å². The average Bonchev–Trinajstić information content (AvgIpc) is 3.28. The summed E-state index contributed by atoms with van der Waals surface area (Å²) in [4.78, 5) is 14.0. The maximum atomic E-state index is 12.0. The molecule has 0 aromatic heterocycles. The van der Waals surface area contributed by atoms with Crippen LogP contribution in [0.1, 0.15) is 30.0 Å². The van der Waals surface area contributed by atoms with Gasteiger partial charge in [0.15, 0.2) is 11.5 Å². The summed E-state index contributed by atoms with van der Waals surface area (Å²) < 4.78 is 27.7. The molecule has 1 aliphatic rings. The summed E-state index contributed by atoms with van der Waals surface area (Å²) >= 11 is 0. The highest BCUT2D eigenvalue weighted by atomic mass is 16.5. The number of methoxy groups -OCH3 is 5. The number of likely N-dealkylation sites (tertiary alicyclic amines) is 1. The lowest BCUT2D eigenvalue weighted by atomic mass is 9.93. The molecule has 8 heteroatoms. The Balaban J connectivity index is 2.27. The third-order valence-corrected chi connectivity index (χ3v) is 5.68. The summed E-state index contributed by atoms with van der Waals surface area (Å²) in [6.07, 6.45) is 1.35. The maximum Gasteiger partial charge on any atom is 0.320 e. The van der Waals surface area contributed by atoms with E-state index in [-0.39, 0.29) is 0 Å². The van der Waals surface area contributed by atoms with Crippen LogP contribution in [0.15, 0.2) is 30.3 Å². The molecule has 0 radical (unpaired) electrons. The Hall–Kier alpha value is -3.13. The fraction of sp³-hybridized carbons (Fsp3) is 0.435. The molecule has 2 atom stereocenters. The highest BCUT2D eigenvalue weighted by molar-refractivity contribution is 5.74. The van der Waals surface area contributed by atoms with Gasteiger partial charge in [0.05, 0.1) is 41.6 Å². The zero-order valence-electron chi connectivity index (χ0n) is 18.5. The zero-order valence-corrected chi connectivity index (χ0v) is 18.5. The Morgan fingerprint density at radius 1 is 0.871 bits per heavy atom. The third kappa shape index (κ3) is 4.34. The van der Waals surface area contributed by atoms with Crippen LogP contribution in [0.5, 0.6) is 28.7 Å². The van der Waals surface area contributed by atoms with Gasteiger partial charge in [0.1, 0.15) is 23.3 Å². The molecule has 1 aliphatic heterocycles. The largest absolute Gasteiger partial charge is 0.497 e. The topological polar surface area (TPSA) is 86.7 Å². The molecule has 1 saturated heterocycles. The van der Waals surface area contributed by atoms with Crippen molar-refractivity contribution in [2.75, 3.05) is 42.1 Å². The number of nitrogens with zero attached hydrogens (tertiary/aromatic N) is 1. The van der Waals surface area contributed by atoms with Gasteiger partial charge in [-0.25, -0.2) is 0 Å². The predicted octanol–water partition coefficient (Wildman–Crippen LogP) is 3.37. The zero-order chi connectivity index (χ0) is 22.5. The van der Waals surface area contributed by atoms with E-state index >= 15 is 0 Å². The first kappa shape index (κ1) is 22.6. The van der Waals surface area contributed by atoms with Crippen LogP contribution in [0.2, 0.25) is 0 Å². The molecular weight excluding hydrogens is 402 g/mol. The number of carboxylic acids is 1. The van der Waals surface area contributed by atoms with E-state index in [1.165, 1.54) is 0 Å². The van der Waals surface area contributed by atoms with Crippen molar-refractivity contribution >= 4 is 5.97 Å². The van der Waals surface area contributed by atoms with E-state index < -0.39 is 18.1 Å². The number of rotatable bonds is 9. The number of aliphatic carboxylic acids is 1. The number of carbonyl (C=O) groups is 1. The molecule has 0 saturated carbocycles. The Morgan fingerprint density at radius 2 is 1.48 bits per heavy atom. The van der Waals surface area contributed by atoms with E-state index in [0.717, 1.165) is 17.5 Å². The number of ether oxygens (including phenoxy) is 5. The number of hydrogen-bond acceptors (Lipinski definition) is 7. The summed E-state index contributed by atoms with van der Waals surface area (Å²) in [5.41, 5.74) is 1.57. The van der Waals surface area contributed by atoms with Crippen molar-refractivity contribution in [3.05, 3.63) is 41.5 Å². The Morgan fingerprint density at radius 3 is 2.06 bits per heavy atom. The minimum Gasteiger partial charge on any atom is -0.497 e. The van der Waals surface area contributed by atoms with Gasteiger partial charge in [-0.15, -0.1) is 0 Å². The minimum absolute atomic E-state index is 0.445. The molecule has 0 spiro atoms. The fourth-order valence-corrected chi connectivity index (χ4v) is 4.20. The molecule has 0 amide bonds. The lowest BCUT2D eigenvalue weighted by Gasteiger charge is -2.34. The summed E-state index contributed by atoms with van der Waals surface area (Å²) in [5.74, 6) is 2.01. The molecule has 31 heavy (non-hydrogen) atoms. The molecule has 3 rings (SSSR count). The van der Waals surface area contributed by atoms with Gasteiger partial charge in [-0.3, -0.25) is 9.69 Å². The molecule has 1 N–H and O–H groups in total.